The molecule has 144 valence electrons. The topological polar surface area (TPSA) is 76.5 Å². The fraction of sp³-hybridized carbons (Fsp3) is 0.143. The molecule has 0 fully saturated rings. The zero-order chi connectivity index (χ0) is 20.5. The first-order chi connectivity index (χ1) is 14.0. The largest absolute Gasteiger partial charge is 0.330 e. The first kappa shape index (κ1) is 18.8. The van der Waals surface area contributed by atoms with E-state index < -0.39 is 11.5 Å². The number of hydrogen-bond donors (Lipinski definition) is 0. The molecule has 4 aromatic rings. The summed E-state index contributed by atoms with van der Waals surface area (Å²) in [6.45, 7) is 0.141. The molecule has 0 aliphatic heterocycles. The Morgan fingerprint density at radius 1 is 1.21 bits per heavy atom. The zero-order valence-electron chi connectivity index (χ0n) is 15.4. The summed E-state index contributed by atoms with van der Waals surface area (Å²) in [5.41, 5.74) is 2.10. The van der Waals surface area contributed by atoms with Crippen molar-refractivity contribution in [1.29, 1.82) is 5.26 Å². The Bertz CT molecular complexity index is 1300. The Labute approximate surface area is 170 Å². The van der Waals surface area contributed by atoms with E-state index in [1.165, 1.54) is 23.0 Å². The molecule has 8 heteroatoms. The third kappa shape index (κ3) is 3.39. The number of fused-ring (bicyclic) bond motifs is 1. The van der Waals surface area contributed by atoms with Crippen molar-refractivity contribution in [2.24, 2.45) is 7.05 Å². The molecule has 2 heterocycles. The molecule has 2 aromatic heterocycles. The van der Waals surface area contributed by atoms with Gasteiger partial charge in [-0.25, -0.2) is 14.1 Å². The minimum Gasteiger partial charge on any atom is -0.330 e. The summed E-state index contributed by atoms with van der Waals surface area (Å²) < 4.78 is 16.1. The highest BCUT2D eigenvalue weighted by Gasteiger charge is 2.25. The third-order valence-corrected chi connectivity index (χ3v) is 5.16. The van der Waals surface area contributed by atoms with Gasteiger partial charge in [-0.3, -0.25) is 4.79 Å². The second kappa shape index (κ2) is 7.49. The maximum Gasteiger partial charge on any atom is 0.286 e. The minimum atomic E-state index is -0.847. The standard InChI is InChI=1S/C21H15ClFN5O/c1-27-18-5-3-2-4-17(18)26-20(27)15(10-24)16-11-25-28(21(29)19(16)22)12-13-6-8-14(23)9-7-13/h2-9,11,15H,12H2,1H3. The Balaban J connectivity index is 1.74. The number of benzene rings is 2. The highest BCUT2D eigenvalue weighted by atomic mass is 35.5. The van der Waals surface area contributed by atoms with Crippen molar-refractivity contribution in [3.05, 3.63) is 92.9 Å². The van der Waals surface area contributed by atoms with Gasteiger partial charge in [-0.2, -0.15) is 10.4 Å². The van der Waals surface area contributed by atoms with Crippen LogP contribution in [-0.4, -0.2) is 19.3 Å². The molecule has 0 amide bonds. The smallest absolute Gasteiger partial charge is 0.286 e. The molecule has 0 saturated carbocycles. The van der Waals surface area contributed by atoms with Crippen LogP contribution in [0, 0.1) is 17.1 Å². The summed E-state index contributed by atoms with van der Waals surface area (Å²) in [5.74, 6) is -0.726. The third-order valence-electron chi connectivity index (χ3n) is 4.78. The van der Waals surface area contributed by atoms with E-state index in [4.69, 9.17) is 11.6 Å². The van der Waals surface area contributed by atoms with Gasteiger partial charge in [0, 0.05) is 12.6 Å². The molecule has 2 aromatic carbocycles. The summed E-state index contributed by atoms with van der Waals surface area (Å²) in [6.07, 6.45) is 1.42. The van der Waals surface area contributed by atoms with Crippen LogP contribution in [-0.2, 0) is 13.6 Å². The molecule has 4 rings (SSSR count). The maximum absolute atomic E-state index is 13.1. The Hall–Kier alpha value is -3.50. The lowest BCUT2D eigenvalue weighted by Gasteiger charge is -2.13. The van der Waals surface area contributed by atoms with Crippen LogP contribution in [0.3, 0.4) is 0 Å². The van der Waals surface area contributed by atoms with Crippen LogP contribution in [0.1, 0.15) is 22.9 Å². The van der Waals surface area contributed by atoms with Crippen LogP contribution >= 0.6 is 11.6 Å². The molecule has 6 nitrogen and oxygen atoms in total. The van der Waals surface area contributed by atoms with Gasteiger partial charge in [0.25, 0.3) is 5.56 Å². The van der Waals surface area contributed by atoms with Crippen molar-refractivity contribution in [3.8, 4) is 6.07 Å². The minimum absolute atomic E-state index is 0.0827. The van der Waals surface area contributed by atoms with Gasteiger partial charge in [0.05, 0.1) is 29.8 Å². The molecular weight excluding hydrogens is 393 g/mol. The molecule has 29 heavy (non-hydrogen) atoms. The number of nitriles is 1. The predicted molar refractivity (Wildman–Crippen MR) is 107 cm³/mol. The van der Waals surface area contributed by atoms with E-state index in [2.05, 4.69) is 16.2 Å². The van der Waals surface area contributed by atoms with Gasteiger partial charge < -0.3 is 4.57 Å². The molecule has 0 spiro atoms. The molecule has 0 aliphatic rings. The van der Waals surface area contributed by atoms with Crippen molar-refractivity contribution in [3.63, 3.8) is 0 Å². The summed E-state index contributed by atoms with van der Waals surface area (Å²) in [4.78, 5) is 17.3. The first-order valence-electron chi connectivity index (χ1n) is 8.80. The van der Waals surface area contributed by atoms with E-state index in [-0.39, 0.29) is 17.4 Å². The van der Waals surface area contributed by atoms with Crippen LogP contribution in [0.2, 0.25) is 5.02 Å². The van der Waals surface area contributed by atoms with E-state index in [9.17, 15) is 14.4 Å². The van der Waals surface area contributed by atoms with Gasteiger partial charge in [-0.1, -0.05) is 35.9 Å². The van der Waals surface area contributed by atoms with Crippen molar-refractivity contribution >= 4 is 22.6 Å². The number of halogens is 2. The first-order valence-corrected chi connectivity index (χ1v) is 9.18. The van der Waals surface area contributed by atoms with Gasteiger partial charge >= 0.3 is 0 Å². The molecule has 1 unspecified atom stereocenters. The lowest BCUT2D eigenvalue weighted by atomic mass is 10.0. The van der Waals surface area contributed by atoms with Gasteiger partial charge in [0.1, 0.15) is 22.6 Å². The summed E-state index contributed by atoms with van der Waals surface area (Å²) in [5, 5.41) is 13.9. The molecule has 1 atom stereocenters. The van der Waals surface area contributed by atoms with Crippen LogP contribution in [0.4, 0.5) is 4.39 Å². The Morgan fingerprint density at radius 2 is 1.93 bits per heavy atom. The van der Waals surface area contributed by atoms with Gasteiger partial charge in [0.15, 0.2) is 0 Å². The van der Waals surface area contributed by atoms with Gasteiger partial charge in [-0.15, -0.1) is 0 Å². The summed E-state index contributed by atoms with van der Waals surface area (Å²) in [7, 11) is 1.81. The molecule has 0 aliphatic carbocycles. The number of rotatable bonds is 4. The van der Waals surface area contributed by atoms with E-state index in [0.717, 1.165) is 11.0 Å². The fourth-order valence-corrected chi connectivity index (χ4v) is 3.50. The van der Waals surface area contributed by atoms with Gasteiger partial charge in [0.2, 0.25) is 0 Å². The van der Waals surface area contributed by atoms with E-state index >= 15 is 0 Å². The average molecular weight is 408 g/mol. The summed E-state index contributed by atoms with van der Waals surface area (Å²) >= 11 is 6.34. The van der Waals surface area contributed by atoms with Crippen molar-refractivity contribution in [2.75, 3.05) is 0 Å². The normalized spacial score (nSPS) is 12.1. The zero-order valence-corrected chi connectivity index (χ0v) is 16.1. The van der Waals surface area contributed by atoms with Crippen LogP contribution in [0.5, 0.6) is 0 Å². The van der Waals surface area contributed by atoms with E-state index in [1.54, 1.807) is 12.1 Å². The monoisotopic (exact) mass is 407 g/mol. The second-order valence-corrected chi connectivity index (χ2v) is 6.96. The number of aromatic nitrogens is 4. The molecule has 0 saturated heterocycles. The SMILES string of the molecule is Cn1c(C(C#N)c2cnn(Cc3ccc(F)cc3)c(=O)c2Cl)nc2ccccc21. The highest BCUT2D eigenvalue weighted by molar-refractivity contribution is 6.31. The molecular formula is C21H15ClFN5O. The second-order valence-electron chi connectivity index (χ2n) is 6.58. The van der Waals surface area contributed by atoms with E-state index in [1.807, 2.05) is 35.9 Å². The Kier molecular flexibility index (Phi) is 4.87. The van der Waals surface area contributed by atoms with Crippen molar-refractivity contribution in [2.45, 2.75) is 12.5 Å². The van der Waals surface area contributed by atoms with Crippen LogP contribution in [0.25, 0.3) is 11.0 Å². The summed E-state index contributed by atoms with van der Waals surface area (Å²) in [6, 6.07) is 15.5. The van der Waals surface area contributed by atoms with Gasteiger partial charge in [-0.05, 0) is 29.8 Å². The number of imidazole rings is 1. The molecule has 0 N–H and O–H groups in total. The molecule has 0 radical (unpaired) electrons. The quantitative estimate of drug-likeness (QED) is 0.517. The lowest BCUT2D eigenvalue weighted by molar-refractivity contribution is 0.616. The van der Waals surface area contributed by atoms with Crippen LogP contribution in [0.15, 0.2) is 59.5 Å². The van der Waals surface area contributed by atoms with Crippen LogP contribution < -0.4 is 5.56 Å². The number of hydrogen-bond acceptors (Lipinski definition) is 4. The molecule has 0 bridgehead atoms. The maximum atomic E-state index is 13.1. The number of para-hydroxylation sites is 2. The fourth-order valence-electron chi connectivity index (χ4n) is 3.24. The van der Waals surface area contributed by atoms with Crippen molar-refractivity contribution in [1.82, 2.24) is 19.3 Å². The highest BCUT2D eigenvalue weighted by Crippen LogP contribution is 2.29. The predicted octanol–water partition coefficient (Wildman–Crippen LogP) is 3.63. The number of nitrogens with zero attached hydrogens (tertiary/aromatic N) is 5. The Morgan fingerprint density at radius 3 is 2.62 bits per heavy atom. The number of aryl methyl sites for hydroxylation is 1. The van der Waals surface area contributed by atoms with Crippen molar-refractivity contribution < 1.29 is 4.39 Å². The van der Waals surface area contributed by atoms with E-state index in [0.29, 0.717) is 17.0 Å². The lowest BCUT2D eigenvalue weighted by Crippen LogP contribution is -2.26. The average Bonchev–Trinajstić information content (AvgIpc) is 3.06.